The molecular weight excluding hydrogens is 586 g/mol. The number of nitrogens with one attached hydrogen (secondary N) is 2. The van der Waals surface area contributed by atoms with Crippen LogP contribution in [0.25, 0.3) is 10.8 Å². The molecule has 0 aliphatic carbocycles. The van der Waals surface area contributed by atoms with Crippen molar-refractivity contribution < 1.29 is 19.4 Å². The lowest BCUT2D eigenvalue weighted by Gasteiger charge is -2.29. The zero-order valence-electron chi connectivity index (χ0n) is 23.0. The number of likely N-dealkylation sites (N-methyl/N-ethyl adjacent to an activating group) is 1. The number of anilines is 2. The number of aliphatic hydroxyl groups excluding tert-OH is 1. The minimum absolute atomic E-state index is 0.00713. The van der Waals surface area contributed by atoms with E-state index in [4.69, 9.17) is 4.74 Å². The number of hydrogen-bond donors (Lipinski definition) is 3. The van der Waals surface area contributed by atoms with Gasteiger partial charge in [-0.05, 0) is 67.2 Å². The van der Waals surface area contributed by atoms with Crippen LogP contribution in [0.3, 0.4) is 0 Å². The van der Waals surface area contributed by atoms with Crippen molar-refractivity contribution in [2.45, 2.75) is 31.8 Å². The standard InChI is InChI=1S/C31H32BrN5O4/c1-19(33-2)29(38)35-25-18-37(30(39)21-7-6-14-34-16-21)27-9-5-4-8-26(27)36(31(25)40)17-24-23-12-11-22(32)15-20(23)10-13-28(24)41-3/h4-16,19,25,29,33,35,38H,17-18H2,1-3H3/t19-,25-,29?/m0/s1. The SMILES string of the molecule is CN[C@@H](C)C(O)N[C@H]1CN(C(=O)c2cccnc2)c2ccccc2N(Cc2c(OC)ccc3cc(Br)ccc23)C1=O. The molecule has 0 saturated carbocycles. The van der Waals surface area contributed by atoms with Crippen molar-refractivity contribution in [3.05, 3.63) is 94.7 Å². The van der Waals surface area contributed by atoms with E-state index in [1.54, 1.807) is 42.3 Å². The first-order chi connectivity index (χ1) is 19.8. The Kier molecular flexibility index (Phi) is 8.65. The van der Waals surface area contributed by atoms with Crippen LogP contribution in [-0.4, -0.2) is 60.9 Å². The van der Waals surface area contributed by atoms with Crippen LogP contribution in [-0.2, 0) is 11.3 Å². The third-order valence-electron chi connectivity index (χ3n) is 7.43. The van der Waals surface area contributed by atoms with Crippen LogP contribution in [0.4, 0.5) is 11.4 Å². The van der Waals surface area contributed by atoms with Crippen molar-refractivity contribution in [2.75, 3.05) is 30.5 Å². The number of nitrogens with zero attached hydrogens (tertiary/aromatic N) is 3. The van der Waals surface area contributed by atoms with Gasteiger partial charge in [0.15, 0.2) is 0 Å². The van der Waals surface area contributed by atoms with Gasteiger partial charge in [0.1, 0.15) is 18.0 Å². The van der Waals surface area contributed by atoms with Gasteiger partial charge in [-0.2, -0.15) is 0 Å². The normalized spacial score (nSPS) is 16.7. The fourth-order valence-corrected chi connectivity index (χ4v) is 5.46. The highest BCUT2D eigenvalue weighted by atomic mass is 79.9. The summed E-state index contributed by atoms with van der Waals surface area (Å²) in [6.45, 7) is 2.00. The van der Waals surface area contributed by atoms with Gasteiger partial charge in [-0.15, -0.1) is 0 Å². The van der Waals surface area contributed by atoms with E-state index in [9.17, 15) is 14.7 Å². The molecule has 0 radical (unpaired) electrons. The molecule has 2 heterocycles. The number of fused-ring (bicyclic) bond motifs is 2. The molecule has 0 fully saturated rings. The van der Waals surface area contributed by atoms with Crippen LogP contribution in [0.1, 0.15) is 22.8 Å². The molecule has 9 nitrogen and oxygen atoms in total. The Bertz CT molecular complexity index is 1570. The predicted molar refractivity (Wildman–Crippen MR) is 163 cm³/mol. The summed E-state index contributed by atoms with van der Waals surface area (Å²) in [5, 5.41) is 18.9. The Labute approximate surface area is 247 Å². The van der Waals surface area contributed by atoms with Crippen molar-refractivity contribution in [3.63, 3.8) is 0 Å². The second-order valence-electron chi connectivity index (χ2n) is 9.92. The van der Waals surface area contributed by atoms with Gasteiger partial charge in [0.25, 0.3) is 5.91 Å². The van der Waals surface area contributed by atoms with E-state index in [0.717, 1.165) is 20.8 Å². The summed E-state index contributed by atoms with van der Waals surface area (Å²) in [5.74, 6) is 0.0687. The van der Waals surface area contributed by atoms with Gasteiger partial charge in [0.05, 0.1) is 37.1 Å². The average molecular weight is 619 g/mol. The van der Waals surface area contributed by atoms with Gasteiger partial charge in [0, 0.05) is 28.5 Å². The van der Waals surface area contributed by atoms with Gasteiger partial charge in [0.2, 0.25) is 5.91 Å². The highest BCUT2D eigenvalue weighted by Gasteiger charge is 2.38. The monoisotopic (exact) mass is 617 g/mol. The van der Waals surface area contributed by atoms with E-state index < -0.39 is 12.3 Å². The summed E-state index contributed by atoms with van der Waals surface area (Å²) < 4.78 is 6.69. The molecule has 5 rings (SSSR count). The number of ether oxygens (including phenoxy) is 1. The summed E-state index contributed by atoms with van der Waals surface area (Å²) in [6.07, 6.45) is 2.07. The molecule has 3 atom stereocenters. The van der Waals surface area contributed by atoms with E-state index >= 15 is 0 Å². The van der Waals surface area contributed by atoms with Crippen LogP contribution in [0, 0.1) is 0 Å². The number of hydrogen-bond acceptors (Lipinski definition) is 7. The minimum Gasteiger partial charge on any atom is -0.496 e. The molecule has 0 bridgehead atoms. The summed E-state index contributed by atoms with van der Waals surface area (Å²) in [5.41, 5.74) is 2.38. The molecule has 3 N–H and O–H groups in total. The molecule has 212 valence electrons. The maximum atomic E-state index is 14.4. The van der Waals surface area contributed by atoms with Gasteiger partial charge in [-0.25, -0.2) is 0 Å². The van der Waals surface area contributed by atoms with E-state index in [1.807, 2.05) is 61.5 Å². The third-order valence-corrected chi connectivity index (χ3v) is 7.93. The summed E-state index contributed by atoms with van der Waals surface area (Å²) in [4.78, 5) is 35.6. The van der Waals surface area contributed by atoms with Crippen molar-refractivity contribution in [2.24, 2.45) is 0 Å². The van der Waals surface area contributed by atoms with Gasteiger partial charge >= 0.3 is 0 Å². The van der Waals surface area contributed by atoms with Crippen molar-refractivity contribution >= 4 is 49.9 Å². The quantitative estimate of drug-likeness (QED) is 0.256. The number of amides is 2. The smallest absolute Gasteiger partial charge is 0.259 e. The molecule has 0 saturated heterocycles. The number of aromatic nitrogens is 1. The highest BCUT2D eigenvalue weighted by Crippen LogP contribution is 2.38. The largest absolute Gasteiger partial charge is 0.496 e. The lowest BCUT2D eigenvalue weighted by molar-refractivity contribution is -0.121. The van der Waals surface area contributed by atoms with Crippen LogP contribution < -0.4 is 25.2 Å². The molecule has 10 heteroatoms. The summed E-state index contributed by atoms with van der Waals surface area (Å²) >= 11 is 3.55. The van der Waals surface area contributed by atoms with E-state index in [0.29, 0.717) is 22.7 Å². The van der Waals surface area contributed by atoms with Gasteiger partial charge < -0.3 is 25.0 Å². The van der Waals surface area contributed by atoms with E-state index in [-0.39, 0.29) is 30.9 Å². The second kappa shape index (κ2) is 12.4. The van der Waals surface area contributed by atoms with E-state index in [2.05, 4.69) is 31.5 Å². The molecule has 0 spiro atoms. The molecule has 2 amide bonds. The fraction of sp³-hybridized carbons (Fsp3) is 0.258. The van der Waals surface area contributed by atoms with Crippen LogP contribution in [0.5, 0.6) is 5.75 Å². The lowest BCUT2D eigenvalue weighted by atomic mass is 10.0. The lowest BCUT2D eigenvalue weighted by Crippen LogP contribution is -2.57. The molecule has 4 aromatic rings. The van der Waals surface area contributed by atoms with Crippen LogP contribution in [0.15, 0.2) is 83.6 Å². The molecular formula is C31H32BrN5O4. The first-order valence-electron chi connectivity index (χ1n) is 13.3. The number of para-hydroxylation sites is 2. The van der Waals surface area contributed by atoms with Crippen LogP contribution in [0.2, 0.25) is 0 Å². The molecule has 41 heavy (non-hydrogen) atoms. The maximum absolute atomic E-state index is 14.4. The summed E-state index contributed by atoms with van der Waals surface area (Å²) in [6, 6.07) is 19.3. The second-order valence-corrected chi connectivity index (χ2v) is 10.8. The first kappa shape index (κ1) is 28.7. The Morgan fingerprint density at radius 3 is 2.63 bits per heavy atom. The molecule has 1 aromatic heterocycles. The van der Waals surface area contributed by atoms with Crippen molar-refractivity contribution in [1.82, 2.24) is 15.6 Å². The third kappa shape index (κ3) is 5.82. The highest BCUT2D eigenvalue weighted by molar-refractivity contribution is 9.10. The number of benzene rings is 3. The zero-order valence-corrected chi connectivity index (χ0v) is 24.6. The minimum atomic E-state index is -1.04. The van der Waals surface area contributed by atoms with Gasteiger partial charge in [-0.3, -0.25) is 19.9 Å². The zero-order chi connectivity index (χ0) is 29.1. The number of carbonyl (C=O) groups excluding carboxylic acids is 2. The van der Waals surface area contributed by atoms with Gasteiger partial charge in [-0.1, -0.05) is 40.2 Å². The molecule has 1 aliphatic rings. The Morgan fingerprint density at radius 1 is 1.15 bits per heavy atom. The average Bonchev–Trinajstić information content (AvgIpc) is 3.11. The Hall–Kier alpha value is -3.83. The van der Waals surface area contributed by atoms with E-state index in [1.165, 1.54) is 6.20 Å². The predicted octanol–water partition coefficient (Wildman–Crippen LogP) is 4.08. The van der Waals surface area contributed by atoms with Crippen molar-refractivity contribution in [3.8, 4) is 5.75 Å². The van der Waals surface area contributed by atoms with Crippen LogP contribution >= 0.6 is 15.9 Å². The Morgan fingerprint density at radius 2 is 1.93 bits per heavy atom. The fourth-order valence-electron chi connectivity index (χ4n) is 5.08. The number of halogens is 1. The number of pyridine rings is 1. The number of rotatable bonds is 8. The topological polar surface area (TPSA) is 107 Å². The molecule has 1 aliphatic heterocycles. The number of methoxy groups -OCH3 is 1. The van der Waals surface area contributed by atoms with Crippen molar-refractivity contribution in [1.29, 1.82) is 0 Å². The number of carbonyl (C=O) groups is 2. The number of aliphatic hydroxyl groups is 1. The first-order valence-corrected chi connectivity index (χ1v) is 14.1. The maximum Gasteiger partial charge on any atom is 0.259 e. The molecule has 3 aromatic carbocycles. The summed E-state index contributed by atoms with van der Waals surface area (Å²) in [7, 11) is 3.34. The molecule has 1 unspecified atom stereocenters. The Balaban J connectivity index is 1.65.